The summed E-state index contributed by atoms with van der Waals surface area (Å²) >= 11 is 0. The van der Waals surface area contributed by atoms with Gasteiger partial charge in [-0.3, -0.25) is 4.79 Å². The number of nitrogens with one attached hydrogen (secondary N) is 1. The second-order valence-electron chi connectivity index (χ2n) is 11.3. The summed E-state index contributed by atoms with van der Waals surface area (Å²) in [7, 11) is -2.08. The molecule has 1 amide bonds. The summed E-state index contributed by atoms with van der Waals surface area (Å²) in [5.74, 6) is -0.747. The van der Waals surface area contributed by atoms with Gasteiger partial charge in [0.1, 0.15) is 5.69 Å². The van der Waals surface area contributed by atoms with E-state index in [4.69, 9.17) is 19.6 Å². The van der Waals surface area contributed by atoms with Crippen LogP contribution in [-0.2, 0) is 19.5 Å². The predicted molar refractivity (Wildman–Crippen MR) is 167 cm³/mol. The highest BCUT2D eigenvalue weighted by Crippen LogP contribution is 2.37. The molecule has 2 aliphatic heterocycles. The van der Waals surface area contributed by atoms with Crippen LogP contribution in [0.3, 0.4) is 0 Å². The van der Waals surface area contributed by atoms with Crippen LogP contribution in [0.1, 0.15) is 35.9 Å². The minimum atomic E-state index is -3.80. The van der Waals surface area contributed by atoms with Crippen molar-refractivity contribution in [1.82, 2.24) is 19.5 Å². The lowest BCUT2D eigenvalue weighted by Gasteiger charge is -2.40. The fourth-order valence-corrected chi connectivity index (χ4v) is 6.03. The maximum Gasteiger partial charge on any atom is 0.283 e. The van der Waals surface area contributed by atoms with Crippen molar-refractivity contribution >= 4 is 38.3 Å². The maximum atomic E-state index is 13.2. The summed E-state index contributed by atoms with van der Waals surface area (Å²) in [5, 5.41) is 5.84. The van der Waals surface area contributed by atoms with E-state index in [-0.39, 0.29) is 17.7 Å². The van der Waals surface area contributed by atoms with Crippen LogP contribution in [0.2, 0.25) is 0 Å². The third-order valence-electron chi connectivity index (χ3n) is 7.90. The van der Waals surface area contributed by atoms with Crippen LogP contribution >= 0.6 is 0 Å². The molecule has 2 aliphatic rings. The van der Waals surface area contributed by atoms with Crippen LogP contribution in [-0.4, -0.2) is 88.0 Å². The van der Waals surface area contributed by atoms with E-state index in [1.807, 2.05) is 36.4 Å². The number of benzene rings is 2. The molecule has 6 rings (SSSR count). The predicted octanol–water partition coefficient (Wildman–Crippen LogP) is 3.57. The minimum Gasteiger partial charge on any atom is -0.378 e. The van der Waals surface area contributed by atoms with E-state index in [1.165, 1.54) is 0 Å². The molecule has 11 nitrogen and oxygen atoms in total. The molecule has 0 atom stereocenters. The van der Waals surface area contributed by atoms with E-state index < -0.39 is 15.9 Å². The van der Waals surface area contributed by atoms with Gasteiger partial charge in [-0.15, -0.1) is 0 Å². The standard InChI is InChI=1S/C31H36N6O5S/c1-20(2)29-28-26(21-8-10-22(11-9-21)35-12-14-42-15-13-35)17-27(31(38)34-43(4,39)40)32-30(28)37(33-29)24-7-5-6-23(16-24)36-18-25(19-36)41-3/h5-11,16-17,20,25H,12-15,18-19H2,1-4H3,(H,34,38). The van der Waals surface area contributed by atoms with Gasteiger partial charge < -0.3 is 19.3 Å². The highest BCUT2D eigenvalue weighted by molar-refractivity contribution is 7.89. The van der Waals surface area contributed by atoms with Crippen LogP contribution in [0.5, 0.6) is 0 Å². The van der Waals surface area contributed by atoms with Gasteiger partial charge in [0.15, 0.2) is 5.65 Å². The SMILES string of the molecule is COC1CN(c2cccc(-n3nc(C(C)C)c4c(-c5ccc(N6CCOCC6)cc5)cc(C(=O)NS(C)(=O)=O)nc43)c2)C1. The van der Waals surface area contributed by atoms with Gasteiger partial charge in [-0.05, 0) is 53.4 Å². The van der Waals surface area contributed by atoms with Crippen molar-refractivity contribution in [1.29, 1.82) is 0 Å². The minimum absolute atomic E-state index is 0.0107. The number of nitrogens with zero attached hydrogens (tertiary/aromatic N) is 5. The second kappa shape index (κ2) is 11.6. The number of carbonyl (C=O) groups excluding carboxylic acids is 1. The summed E-state index contributed by atoms with van der Waals surface area (Å²) in [5.41, 5.74) is 5.84. The highest BCUT2D eigenvalue weighted by Gasteiger charge is 2.28. The Labute approximate surface area is 251 Å². The van der Waals surface area contributed by atoms with E-state index in [0.717, 1.165) is 71.7 Å². The first-order valence-electron chi connectivity index (χ1n) is 14.4. The number of hydrogen-bond donors (Lipinski definition) is 1. The molecule has 0 unspecified atom stereocenters. The fraction of sp³-hybridized carbons (Fsp3) is 0.387. The molecule has 4 heterocycles. The number of methoxy groups -OCH3 is 1. The lowest BCUT2D eigenvalue weighted by Crippen LogP contribution is -2.51. The number of fused-ring (bicyclic) bond motifs is 1. The number of ether oxygens (including phenoxy) is 2. The van der Waals surface area contributed by atoms with Crippen LogP contribution in [0.4, 0.5) is 11.4 Å². The van der Waals surface area contributed by atoms with Gasteiger partial charge >= 0.3 is 0 Å². The van der Waals surface area contributed by atoms with Crippen molar-refractivity contribution < 1.29 is 22.7 Å². The molecule has 43 heavy (non-hydrogen) atoms. The van der Waals surface area contributed by atoms with E-state index >= 15 is 0 Å². The number of morpholine rings is 1. The molecule has 0 bridgehead atoms. The maximum absolute atomic E-state index is 13.2. The molecular weight excluding hydrogens is 568 g/mol. The van der Waals surface area contributed by atoms with Crippen molar-refractivity contribution in [2.75, 3.05) is 62.6 Å². The van der Waals surface area contributed by atoms with Crippen molar-refractivity contribution in [3.05, 3.63) is 66.0 Å². The number of rotatable bonds is 8. The lowest BCUT2D eigenvalue weighted by molar-refractivity contribution is 0.0787. The molecule has 2 fully saturated rings. The Kier molecular flexibility index (Phi) is 7.84. The van der Waals surface area contributed by atoms with Gasteiger partial charge in [0.05, 0.1) is 42.3 Å². The smallest absolute Gasteiger partial charge is 0.283 e. The Hall–Kier alpha value is -4.00. The molecule has 0 spiro atoms. The molecule has 0 radical (unpaired) electrons. The van der Waals surface area contributed by atoms with Crippen molar-refractivity contribution in [3.8, 4) is 16.8 Å². The number of hydrogen-bond acceptors (Lipinski definition) is 9. The summed E-state index contributed by atoms with van der Waals surface area (Å²) in [6.07, 6.45) is 1.15. The Morgan fingerprint density at radius 1 is 1.00 bits per heavy atom. The molecule has 0 saturated carbocycles. The third kappa shape index (κ3) is 5.95. The summed E-state index contributed by atoms with van der Waals surface area (Å²) in [6, 6.07) is 17.8. The van der Waals surface area contributed by atoms with Crippen LogP contribution < -0.4 is 14.5 Å². The van der Waals surface area contributed by atoms with Gasteiger partial charge in [-0.25, -0.2) is 22.8 Å². The van der Waals surface area contributed by atoms with Gasteiger partial charge in [-0.1, -0.05) is 32.0 Å². The molecular formula is C31H36N6O5S. The lowest BCUT2D eigenvalue weighted by atomic mass is 9.97. The van der Waals surface area contributed by atoms with Gasteiger partial charge in [-0.2, -0.15) is 5.10 Å². The average Bonchev–Trinajstić information content (AvgIpc) is 3.36. The monoisotopic (exact) mass is 604 g/mol. The molecule has 1 N–H and O–H groups in total. The number of anilines is 2. The van der Waals surface area contributed by atoms with Gasteiger partial charge in [0, 0.05) is 44.7 Å². The first kappa shape index (κ1) is 29.1. The zero-order chi connectivity index (χ0) is 30.3. The zero-order valence-corrected chi connectivity index (χ0v) is 25.6. The van der Waals surface area contributed by atoms with Crippen LogP contribution in [0.15, 0.2) is 54.6 Å². The Morgan fingerprint density at radius 2 is 1.70 bits per heavy atom. The Bertz CT molecular complexity index is 1760. The molecule has 4 aromatic rings. The average molecular weight is 605 g/mol. The van der Waals surface area contributed by atoms with Crippen LogP contribution in [0, 0.1) is 0 Å². The molecule has 2 aromatic heterocycles. The summed E-state index contributed by atoms with van der Waals surface area (Å²) in [4.78, 5) is 22.4. The van der Waals surface area contributed by atoms with E-state index in [9.17, 15) is 13.2 Å². The molecule has 0 aliphatic carbocycles. The quantitative estimate of drug-likeness (QED) is 0.322. The van der Waals surface area contributed by atoms with E-state index in [1.54, 1.807) is 17.9 Å². The fourth-order valence-electron chi connectivity index (χ4n) is 5.58. The molecule has 12 heteroatoms. The zero-order valence-electron chi connectivity index (χ0n) is 24.8. The third-order valence-corrected chi connectivity index (χ3v) is 8.45. The van der Waals surface area contributed by atoms with E-state index in [0.29, 0.717) is 18.9 Å². The largest absolute Gasteiger partial charge is 0.378 e. The Balaban J connectivity index is 1.51. The topological polar surface area (TPSA) is 119 Å². The number of amides is 1. The molecule has 2 saturated heterocycles. The van der Waals surface area contributed by atoms with Crippen molar-refractivity contribution in [2.45, 2.75) is 25.9 Å². The normalized spacial score (nSPS) is 16.1. The summed E-state index contributed by atoms with van der Waals surface area (Å²) in [6.45, 7) is 8.77. The number of aromatic nitrogens is 3. The van der Waals surface area contributed by atoms with Crippen molar-refractivity contribution in [2.24, 2.45) is 0 Å². The first-order valence-corrected chi connectivity index (χ1v) is 16.3. The summed E-state index contributed by atoms with van der Waals surface area (Å²) < 4.78 is 38.7. The molecule has 226 valence electrons. The molecule has 2 aromatic carbocycles. The number of sulfonamides is 1. The Morgan fingerprint density at radius 3 is 2.35 bits per heavy atom. The second-order valence-corrected chi connectivity index (χ2v) is 13.1. The highest BCUT2D eigenvalue weighted by atomic mass is 32.2. The van der Waals surface area contributed by atoms with Gasteiger partial charge in [0.2, 0.25) is 10.0 Å². The van der Waals surface area contributed by atoms with E-state index in [2.05, 4.69) is 40.5 Å². The van der Waals surface area contributed by atoms with Gasteiger partial charge in [0.25, 0.3) is 5.91 Å². The number of carbonyl (C=O) groups is 1. The number of pyridine rings is 1. The van der Waals surface area contributed by atoms with Crippen LogP contribution in [0.25, 0.3) is 27.8 Å². The van der Waals surface area contributed by atoms with Crippen molar-refractivity contribution in [3.63, 3.8) is 0 Å². The first-order chi connectivity index (χ1) is 20.6.